The first-order chi connectivity index (χ1) is 8.78. The number of ether oxygens (including phenoxy) is 2. The standard InChI is InChI=1S/C15H23NO2/c1-3-8-18-15-6-4-5-13(11-15)16-14-7-9-17-12(2)10-14/h4-6,11-12,14,16H,3,7-10H2,1-2H3. The first-order valence-electron chi connectivity index (χ1n) is 6.89. The summed E-state index contributed by atoms with van der Waals surface area (Å²) in [7, 11) is 0. The van der Waals surface area contributed by atoms with Gasteiger partial charge in [-0.05, 0) is 38.3 Å². The smallest absolute Gasteiger partial charge is 0.121 e. The van der Waals surface area contributed by atoms with Crippen LogP contribution in [0.15, 0.2) is 24.3 Å². The molecule has 2 unspecified atom stereocenters. The van der Waals surface area contributed by atoms with Crippen molar-refractivity contribution >= 4 is 5.69 Å². The van der Waals surface area contributed by atoms with Gasteiger partial charge in [0.2, 0.25) is 0 Å². The fourth-order valence-corrected chi connectivity index (χ4v) is 2.26. The molecule has 0 aliphatic carbocycles. The van der Waals surface area contributed by atoms with E-state index in [1.54, 1.807) is 0 Å². The Balaban J connectivity index is 1.91. The molecule has 1 saturated heterocycles. The van der Waals surface area contributed by atoms with Gasteiger partial charge in [-0.3, -0.25) is 0 Å². The Morgan fingerprint density at radius 1 is 1.44 bits per heavy atom. The van der Waals surface area contributed by atoms with E-state index in [1.165, 1.54) is 0 Å². The third kappa shape index (κ3) is 3.91. The van der Waals surface area contributed by atoms with Gasteiger partial charge in [-0.2, -0.15) is 0 Å². The topological polar surface area (TPSA) is 30.5 Å². The van der Waals surface area contributed by atoms with Crippen molar-refractivity contribution in [3.05, 3.63) is 24.3 Å². The van der Waals surface area contributed by atoms with Crippen molar-refractivity contribution < 1.29 is 9.47 Å². The normalized spacial score (nSPS) is 23.7. The Morgan fingerprint density at radius 3 is 3.11 bits per heavy atom. The van der Waals surface area contributed by atoms with Crippen LogP contribution in [0.1, 0.15) is 33.1 Å². The third-order valence-electron chi connectivity index (χ3n) is 3.16. The van der Waals surface area contributed by atoms with Crippen molar-refractivity contribution in [1.29, 1.82) is 0 Å². The molecule has 2 atom stereocenters. The molecule has 0 bridgehead atoms. The summed E-state index contributed by atoms with van der Waals surface area (Å²) in [6.07, 6.45) is 3.54. The molecule has 1 aromatic carbocycles. The molecular formula is C15H23NO2. The van der Waals surface area contributed by atoms with Crippen LogP contribution in [0.4, 0.5) is 5.69 Å². The van der Waals surface area contributed by atoms with Crippen LogP contribution in [0.25, 0.3) is 0 Å². The summed E-state index contributed by atoms with van der Waals surface area (Å²) < 4.78 is 11.2. The molecule has 100 valence electrons. The average Bonchev–Trinajstić information content (AvgIpc) is 2.37. The molecule has 0 radical (unpaired) electrons. The highest BCUT2D eigenvalue weighted by atomic mass is 16.5. The number of rotatable bonds is 5. The lowest BCUT2D eigenvalue weighted by Crippen LogP contribution is -2.32. The quantitative estimate of drug-likeness (QED) is 0.867. The molecule has 1 heterocycles. The monoisotopic (exact) mass is 249 g/mol. The van der Waals surface area contributed by atoms with Gasteiger partial charge >= 0.3 is 0 Å². The van der Waals surface area contributed by atoms with Gasteiger partial charge in [0.05, 0.1) is 12.7 Å². The minimum absolute atomic E-state index is 0.357. The maximum Gasteiger partial charge on any atom is 0.121 e. The zero-order chi connectivity index (χ0) is 12.8. The average molecular weight is 249 g/mol. The van der Waals surface area contributed by atoms with Gasteiger partial charge < -0.3 is 14.8 Å². The van der Waals surface area contributed by atoms with Crippen LogP contribution >= 0.6 is 0 Å². The van der Waals surface area contributed by atoms with Gasteiger partial charge in [-0.1, -0.05) is 13.0 Å². The number of nitrogens with one attached hydrogen (secondary N) is 1. The lowest BCUT2D eigenvalue weighted by atomic mass is 10.0. The van der Waals surface area contributed by atoms with Crippen LogP contribution in [0.2, 0.25) is 0 Å². The molecule has 3 nitrogen and oxygen atoms in total. The highest BCUT2D eigenvalue weighted by molar-refractivity contribution is 5.48. The van der Waals surface area contributed by atoms with E-state index in [1.807, 2.05) is 12.1 Å². The zero-order valence-electron chi connectivity index (χ0n) is 11.3. The first kappa shape index (κ1) is 13.2. The Kier molecular flexibility index (Phi) is 4.88. The van der Waals surface area contributed by atoms with E-state index >= 15 is 0 Å². The summed E-state index contributed by atoms with van der Waals surface area (Å²) in [5, 5.41) is 3.57. The van der Waals surface area contributed by atoms with Crippen molar-refractivity contribution in [2.45, 2.75) is 45.3 Å². The van der Waals surface area contributed by atoms with Crippen LogP contribution < -0.4 is 10.1 Å². The minimum Gasteiger partial charge on any atom is -0.494 e. The molecule has 2 rings (SSSR count). The van der Waals surface area contributed by atoms with Gasteiger partial charge in [-0.15, -0.1) is 0 Å². The Labute approximate surface area is 109 Å². The fourth-order valence-electron chi connectivity index (χ4n) is 2.26. The molecular weight excluding hydrogens is 226 g/mol. The van der Waals surface area contributed by atoms with E-state index in [2.05, 4.69) is 31.3 Å². The molecule has 3 heteroatoms. The van der Waals surface area contributed by atoms with Crippen LogP contribution in [0, 0.1) is 0 Å². The lowest BCUT2D eigenvalue weighted by Gasteiger charge is -2.28. The number of hydrogen-bond donors (Lipinski definition) is 1. The van der Waals surface area contributed by atoms with Crippen LogP contribution in [-0.4, -0.2) is 25.4 Å². The Hall–Kier alpha value is -1.22. The summed E-state index contributed by atoms with van der Waals surface area (Å²) in [6, 6.07) is 8.73. The van der Waals surface area contributed by atoms with Crippen LogP contribution in [-0.2, 0) is 4.74 Å². The minimum atomic E-state index is 0.357. The van der Waals surface area contributed by atoms with Gasteiger partial charge in [0.1, 0.15) is 5.75 Å². The SMILES string of the molecule is CCCOc1cccc(NC2CCOC(C)C2)c1. The first-order valence-corrected chi connectivity index (χ1v) is 6.89. The number of benzene rings is 1. The molecule has 1 aromatic rings. The largest absolute Gasteiger partial charge is 0.494 e. The van der Waals surface area contributed by atoms with E-state index in [0.717, 1.165) is 43.9 Å². The summed E-state index contributed by atoms with van der Waals surface area (Å²) in [6.45, 7) is 5.88. The molecule has 0 aromatic heterocycles. The van der Waals surface area contributed by atoms with E-state index in [4.69, 9.17) is 9.47 Å². The Morgan fingerprint density at radius 2 is 2.33 bits per heavy atom. The molecule has 18 heavy (non-hydrogen) atoms. The van der Waals surface area contributed by atoms with Crippen LogP contribution in [0.5, 0.6) is 5.75 Å². The van der Waals surface area contributed by atoms with Crippen molar-refractivity contribution in [3.8, 4) is 5.75 Å². The van der Waals surface area contributed by atoms with E-state index in [-0.39, 0.29) is 0 Å². The van der Waals surface area contributed by atoms with E-state index in [0.29, 0.717) is 12.1 Å². The van der Waals surface area contributed by atoms with Crippen molar-refractivity contribution in [1.82, 2.24) is 0 Å². The lowest BCUT2D eigenvalue weighted by molar-refractivity contribution is 0.0232. The van der Waals surface area contributed by atoms with Crippen molar-refractivity contribution in [3.63, 3.8) is 0 Å². The third-order valence-corrected chi connectivity index (χ3v) is 3.16. The maximum absolute atomic E-state index is 5.64. The maximum atomic E-state index is 5.64. The molecule has 1 aliphatic heterocycles. The fraction of sp³-hybridized carbons (Fsp3) is 0.600. The van der Waals surface area contributed by atoms with Gasteiger partial charge in [0.15, 0.2) is 0 Å². The predicted octanol–water partition coefficient (Wildman–Crippen LogP) is 3.45. The molecule has 1 fully saturated rings. The van der Waals surface area contributed by atoms with Gasteiger partial charge in [-0.25, -0.2) is 0 Å². The highest BCUT2D eigenvalue weighted by Gasteiger charge is 2.18. The van der Waals surface area contributed by atoms with E-state index in [9.17, 15) is 0 Å². The van der Waals surface area contributed by atoms with Gasteiger partial charge in [0, 0.05) is 24.4 Å². The molecule has 1 aliphatic rings. The second-order valence-corrected chi connectivity index (χ2v) is 4.92. The second kappa shape index (κ2) is 6.64. The summed E-state index contributed by atoms with van der Waals surface area (Å²) in [5.41, 5.74) is 1.14. The predicted molar refractivity (Wildman–Crippen MR) is 74.3 cm³/mol. The molecule has 0 amide bonds. The van der Waals surface area contributed by atoms with Crippen LogP contribution in [0.3, 0.4) is 0 Å². The van der Waals surface area contributed by atoms with Crippen molar-refractivity contribution in [2.24, 2.45) is 0 Å². The van der Waals surface area contributed by atoms with Crippen molar-refractivity contribution in [2.75, 3.05) is 18.5 Å². The summed E-state index contributed by atoms with van der Waals surface area (Å²) in [5.74, 6) is 0.946. The second-order valence-electron chi connectivity index (χ2n) is 4.92. The zero-order valence-corrected chi connectivity index (χ0v) is 11.3. The molecule has 0 spiro atoms. The highest BCUT2D eigenvalue weighted by Crippen LogP contribution is 2.22. The molecule has 1 N–H and O–H groups in total. The van der Waals surface area contributed by atoms with E-state index < -0.39 is 0 Å². The van der Waals surface area contributed by atoms with Gasteiger partial charge in [0.25, 0.3) is 0 Å². The Bertz CT molecular complexity index is 367. The number of hydrogen-bond acceptors (Lipinski definition) is 3. The summed E-state index contributed by atoms with van der Waals surface area (Å²) in [4.78, 5) is 0. The number of anilines is 1. The molecule has 0 saturated carbocycles. The summed E-state index contributed by atoms with van der Waals surface area (Å²) >= 11 is 0.